The highest BCUT2D eigenvalue weighted by molar-refractivity contribution is 8.26. The van der Waals surface area contributed by atoms with Gasteiger partial charge in [0.1, 0.15) is 4.32 Å². The van der Waals surface area contributed by atoms with Crippen LogP contribution >= 0.6 is 24.0 Å². The molecule has 0 spiro atoms. The largest absolute Gasteiger partial charge is 0.326 e. The molecule has 1 heterocycles. The molecule has 0 aliphatic carbocycles. The van der Waals surface area contributed by atoms with Crippen molar-refractivity contribution in [2.75, 3.05) is 11.9 Å². The van der Waals surface area contributed by atoms with E-state index >= 15 is 0 Å². The van der Waals surface area contributed by atoms with Crippen LogP contribution in [0.3, 0.4) is 0 Å². The molecule has 4 nitrogen and oxygen atoms in total. The van der Waals surface area contributed by atoms with Crippen molar-refractivity contribution in [3.63, 3.8) is 0 Å². The lowest BCUT2D eigenvalue weighted by molar-refractivity contribution is -0.122. The average molecular weight is 447 g/mol. The van der Waals surface area contributed by atoms with Crippen LogP contribution in [0.15, 0.2) is 71.6 Å². The zero-order valence-electron chi connectivity index (χ0n) is 17.1. The monoisotopic (exact) mass is 446 g/mol. The third-order valence-corrected chi connectivity index (χ3v) is 6.53. The number of aryl methyl sites for hydroxylation is 1. The second-order valence-electron chi connectivity index (χ2n) is 7.29. The first kappa shape index (κ1) is 21.3. The van der Waals surface area contributed by atoms with Gasteiger partial charge in [0.05, 0.1) is 4.91 Å². The lowest BCUT2D eigenvalue weighted by Crippen LogP contribution is -2.31. The highest BCUT2D eigenvalue weighted by Crippen LogP contribution is 2.32. The first-order valence-corrected chi connectivity index (χ1v) is 11.4. The summed E-state index contributed by atoms with van der Waals surface area (Å²) >= 11 is 6.66. The average Bonchev–Trinajstić information content (AvgIpc) is 3.05. The van der Waals surface area contributed by atoms with Crippen LogP contribution in [0.2, 0.25) is 0 Å². The summed E-state index contributed by atoms with van der Waals surface area (Å²) in [5, 5.41) is 5.09. The van der Waals surface area contributed by atoms with Gasteiger partial charge >= 0.3 is 0 Å². The van der Waals surface area contributed by atoms with Gasteiger partial charge in [0.2, 0.25) is 5.91 Å². The van der Waals surface area contributed by atoms with Crippen molar-refractivity contribution in [1.82, 2.24) is 4.90 Å². The molecule has 156 valence electrons. The van der Waals surface area contributed by atoms with Crippen LogP contribution < -0.4 is 5.32 Å². The number of amides is 2. The summed E-state index contributed by atoms with van der Waals surface area (Å²) in [5.41, 5.74) is 2.96. The third kappa shape index (κ3) is 5.03. The number of nitrogens with zero attached hydrogens (tertiary/aromatic N) is 1. The maximum atomic E-state index is 12.8. The van der Waals surface area contributed by atoms with E-state index in [4.69, 9.17) is 12.2 Å². The summed E-state index contributed by atoms with van der Waals surface area (Å²) in [6.07, 6.45) is 3.01. The Morgan fingerprint density at radius 1 is 1.06 bits per heavy atom. The number of anilines is 1. The lowest BCUT2D eigenvalue weighted by atomic mass is 10.1. The van der Waals surface area contributed by atoms with Gasteiger partial charge in [0, 0.05) is 18.7 Å². The molecule has 0 saturated carbocycles. The quantitative estimate of drug-likeness (QED) is 0.394. The van der Waals surface area contributed by atoms with Crippen molar-refractivity contribution in [2.45, 2.75) is 19.8 Å². The molecular formula is C25H22N2O2S2. The molecule has 0 radical (unpaired) electrons. The zero-order chi connectivity index (χ0) is 21.8. The van der Waals surface area contributed by atoms with Crippen molar-refractivity contribution in [1.29, 1.82) is 0 Å². The van der Waals surface area contributed by atoms with Gasteiger partial charge < -0.3 is 5.32 Å². The van der Waals surface area contributed by atoms with E-state index in [1.807, 2.05) is 60.7 Å². The Morgan fingerprint density at radius 2 is 1.81 bits per heavy atom. The van der Waals surface area contributed by atoms with E-state index in [1.165, 1.54) is 22.2 Å². The number of carbonyl (C=O) groups is 2. The fraction of sp³-hybridized carbons (Fsp3) is 0.160. The number of fused-ring (bicyclic) bond motifs is 1. The Hall–Kier alpha value is -2.96. The second-order valence-corrected chi connectivity index (χ2v) is 8.96. The summed E-state index contributed by atoms with van der Waals surface area (Å²) in [5.74, 6) is -0.295. The van der Waals surface area contributed by atoms with Crippen LogP contribution in [0.4, 0.5) is 5.69 Å². The van der Waals surface area contributed by atoms with Gasteiger partial charge in [-0.05, 0) is 46.5 Å². The first-order chi connectivity index (χ1) is 15.0. The van der Waals surface area contributed by atoms with E-state index in [-0.39, 0.29) is 24.8 Å². The SMILES string of the molecule is CCc1ccc(/C=C2\SC(=S)N(CCC(=O)Nc3ccc4ccccc4c3)C2=O)cc1. The Bertz CT molecular complexity index is 1190. The molecule has 1 saturated heterocycles. The topological polar surface area (TPSA) is 49.4 Å². The number of rotatable bonds is 6. The van der Waals surface area contributed by atoms with Gasteiger partial charge in [-0.15, -0.1) is 0 Å². The van der Waals surface area contributed by atoms with Gasteiger partial charge in [0.25, 0.3) is 5.91 Å². The highest BCUT2D eigenvalue weighted by Gasteiger charge is 2.32. The number of carbonyl (C=O) groups excluding carboxylic acids is 2. The summed E-state index contributed by atoms with van der Waals surface area (Å²) < 4.78 is 0.486. The second kappa shape index (κ2) is 9.45. The molecular weight excluding hydrogens is 424 g/mol. The number of thioether (sulfide) groups is 1. The summed E-state index contributed by atoms with van der Waals surface area (Å²) in [6, 6.07) is 21.9. The standard InChI is InChI=1S/C25H22N2O2S2/c1-2-17-7-9-18(10-8-17)15-22-24(29)27(25(30)31-22)14-13-23(28)26-21-12-11-19-5-3-4-6-20(19)16-21/h3-12,15-16H,2,13-14H2,1H3,(H,26,28)/b22-15-. The third-order valence-electron chi connectivity index (χ3n) is 5.16. The first-order valence-electron chi connectivity index (χ1n) is 10.2. The predicted octanol–water partition coefficient (Wildman–Crippen LogP) is 5.63. The summed E-state index contributed by atoms with van der Waals surface area (Å²) in [7, 11) is 0. The van der Waals surface area contributed by atoms with Gasteiger partial charge in [-0.25, -0.2) is 0 Å². The molecule has 1 fully saturated rings. The van der Waals surface area contributed by atoms with Crippen molar-refractivity contribution in [2.24, 2.45) is 0 Å². The van der Waals surface area contributed by atoms with Gasteiger partial charge in [-0.3, -0.25) is 14.5 Å². The molecule has 2 amide bonds. The summed E-state index contributed by atoms with van der Waals surface area (Å²) in [4.78, 5) is 27.3. The molecule has 3 aromatic carbocycles. The smallest absolute Gasteiger partial charge is 0.266 e. The predicted molar refractivity (Wildman–Crippen MR) is 133 cm³/mol. The normalized spacial score (nSPS) is 15.1. The van der Waals surface area contributed by atoms with E-state index in [0.29, 0.717) is 9.23 Å². The van der Waals surface area contributed by atoms with Gasteiger partial charge in [0.15, 0.2) is 0 Å². The van der Waals surface area contributed by atoms with E-state index in [0.717, 1.165) is 28.4 Å². The molecule has 0 atom stereocenters. The minimum absolute atomic E-state index is 0.145. The van der Waals surface area contributed by atoms with E-state index < -0.39 is 0 Å². The molecule has 0 unspecified atom stereocenters. The van der Waals surface area contributed by atoms with Gasteiger partial charge in [-0.2, -0.15) is 0 Å². The van der Waals surface area contributed by atoms with Crippen LogP contribution in [-0.2, 0) is 16.0 Å². The van der Waals surface area contributed by atoms with Crippen LogP contribution in [0.25, 0.3) is 16.8 Å². The number of nitrogens with one attached hydrogen (secondary N) is 1. The van der Waals surface area contributed by atoms with Crippen molar-refractivity contribution >= 4 is 62.7 Å². The Morgan fingerprint density at radius 3 is 2.55 bits per heavy atom. The minimum Gasteiger partial charge on any atom is -0.326 e. The van der Waals surface area contributed by atoms with E-state index in [9.17, 15) is 9.59 Å². The maximum absolute atomic E-state index is 12.8. The fourth-order valence-electron chi connectivity index (χ4n) is 3.40. The molecule has 6 heteroatoms. The summed E-state index contributed by atoms with van der Waals surface area (Å²) in [6.45, 7) is 2.37. The van der Waals surface area contributed by atoms with Crippen molar-refractivity contribution in [3.05, 3.63) is 82.8 Å². The number of benzene rings is 3. The van der Waals surface area contributed by atoms with Crippen LogP contribution in [0, 0.1) is 0 Å². The molecule has 1 aliphatic heterocycles. The van der Waals surface area contributed by atoms with Crippen molar-refractivity contribution in [3.8, 4) is 0 Å². The molecule has 31 heavy (non-hydrogen) atoms. The molecule has 3 aromatic rings. The number of thiocarbonyl (C=S) groups is 1. The van der Waals surface area contributed by atoms with E-state index in [2.05, 4.69) is 24.4 Å². The minimum atomic E-state index is -0.150. The van der Waals surface area contributed by atoms with Crippen LogP contribution in [0.5, 0.6) is 0 Å². The molecule has 1 N–H and O–H groups in total. The fourth-order valence-corrected chi connectivity index (χ4v) is 4.71. The molecule has 0 aromatic heterocycles. The Balaban J connectivity index is 1.37. The lowest BCUT2D eigenvalue weighted by Gasteiger charge is -2.14. The van der Waals surface area contributed by atoms with E-state index in [1.54, 1.807) is 0 Å². The highest BCUT2D eigenvalue weighted by atomic mass is 32.2. The van der Waals surface area contributed by atoms with Crippen molar-refractivity contribution < 1.29 is 9.59 Å². The Labute approximate surface area is 191 Å². The maximum Gasteiger partial charge on any atom is 0.266 e. The Kier molecular flexibility index (Phi) is 6.49. The molecule has 4 rings (SSSR count). The zero-order valence-corrected chi connectivity index (χ0v) is 18.8. The van der Waals surface area contributed by atoms with Crippen LogP contribution in [-0.4, -0.2) is 27.6 Å². The van der Waals surface area contributed by atoms with Crippen LogP contribution in [0.1, 0.15) is 24.5 Å². The number of hydrogen-bond donors (Lipinski definition) is 1. The molecule has 0 bridgehead atoms. The van der Waals surface area contributed by atoms with Gasteiger partial charge in [-0.1, -0.05) is 85.5 Å². The number of hydrogen-bond acceptors (Lipinski definition) is 4. The molecule has 1 aliphatic rings.